The maximum absolute atomic E-state index is 11.6. The molecular weight excluding hydrogens is 214 g/mol. The summed E-state index contributed by atoms with van der Waals surface area (Å²) < 4.78 is 0. The van der Waals surface area contributed by atoms with Crippen LogP contribution in [0.5, 0.6) is 0 Å². The summed E-state index contributed by atoms with van der Waals surface area (Å²) in [6, 6.07) is 5.23. The molecule has 2 aromatic rings. The molecule has 0 radical (unpaired) electrons. The minimum atomic E-state index is -0.109. The predicted molar refractivity (Wildman–Crippen MR) is 66.8 cm³/mol. The Bertz CT molecular complexity index is 548. The van der Waals surface area contributed by atoms with Crippen LogP contribution in [0.15, 0.2) is 35.4 Å². The fourth-order valence-corrected chi connectivity index (χ4v) is 1.58. The molecule has 17 heavy (non-hydrogen) atoms. The molecule has 0 bridgehead atoms. The Morgan fingerprint density at radius 1 is 1.35 bits per heavy atom. The number of aromatic amines is 1. The van der Waals surface area contributed by atoms with Gasteiger partial charge in [-0.1, -0.05) is 13.8 Å². The molecule has 1 N–H and O–H groups in total. The van der Waals surface area contributed by atoms with E-state index in [9.17, 15) is 4.79 Å². The van der Waals surface area contributed by atoms with Crippen molar-refractivity contribution in [2.45, 2.75) is 26.2 Å². The number of H-pyrrole nitrogens is 1. The molecule has 2 aromatic heterocycles. The number of hydrogen-bond donors (Lipinski definition) is 1. The zero-order chi connectivity index (χ0) is 12.3. The minimum absolute atomic E-state index is 0.109. The maximum atomic E-state index is 11.6. The lowest BCUT2D eigenvalue weighted by molar-refractivity contribution is 0.704. The molecule has 4 nitrogen and oxygen atoms in total. The maximum Gasteiger partial charge on any atom is 0.251 e. The summed E-state index contributed by atoms with van der Waals surface area (Å²) in [5.74, 6) is 0.896. The lowest BCUT2D eigenvalue weighted by atomic mass is 10.0. The van der Waals surface area contributed by atoms with Gasteiger partial charge in [0.2, 0.25) is 0 Å². The molecule has 1 unspecified atom stereocenters. The van der Waals surface area contributed by atoms with Crippen molar-refractivity contribution < 1.29 is 0 Å². The summed E-state index contributed by atoms with van der Waals surface area (Å²) >= 11 is 0. The van der Waals surface area contributed by atoms with E-state index in [1.165, 1.54) is 0 Å². The normalized spacial score (nSPS) is 12.4. The quantitative estimate of drug-likeness (QED) is 0.878. The van der Waals surface area contributed by atoms with Crippen molar-refractivity contribution in [3.8, 4) is 11.4 Å². The SMILES string of the molecule is CCC(C)c1cc(=O)[nH]c(-c2ccncc2)n1. The first-order chi connectivity index (χ1) is 8.20. The second kappa shape index (κ2) is 4.91. The molecule has 0 aliphatic rings. The van der Waals surface area contributed by atoms with Crippen molar-refractivity contribution in [2.24, 2.45) is 0 Å². The Labute approximate surface area is 99.8 Å². The van der Waals surface area contributed by atoms with Gasteiger partial charge < -0.3 is 4.98 Å². The first-order valence-corrected chi connectivity index (χ1v) is 5.72. The van der Waals surface area contributed by atoms with Crippen molar-refractivity contribution in [1.82, 2.24) is 15.0 Å². The third kappa shape index (κ3) is 2.58. The molecule has 2 heterocycles. The van der Waals surface area contributed by atoms with Crippen LogP contribution in [0.2, 0.25) is 0 Å². The van der Waals surface area contributed by atoms with E-state index < -0.39 is 0 Å². The fourth-order valence-electron chi connectivity index (χ4n) is 1.58. The Morgan fingerprint density at radius 3 is 2.71 bits per heavy atom. The van der Waals surface area contributed by atoms with Crippen LogP contribution in [-0.4, -0.2) is 15.0 Å². The zero-order valence-electron chi connectivity index (χ0n) is 9.97. The van der Waals surface area contributed by atoms with Gasteiger partial charge in [-0.3, -0.25) is 9.78 Å². The average molecular weight is 229 g/mol. The lowest BCUT2D eigenvalue weighted by Gasteiger charge is -2.09. The second-order valence-electron chi connectivity index (χ2n) is 4.06. The molecule has 0 fully saturated rings. The molecule has 2 rings (SSSR count). The third-order valence-electron chi connectivity index (χ3n) is 2.83. The van der Waals surface area contributed by atoms with E-state index in [0.717, 1.165) is 17.7 Å². The van der Waals surface area contributed by atoms with Crippen LogP contribution in [0.4, 0.5) is 0 Å². The van der Waals surface area contributed by atoms with Crippen LogP contribution in [0.25, 0.3) is 11.4 Å². The van der Waals surface area contributed by atoms with E-state index >= 15 is 0 Å². The van der Waals surface area contributed by atoms with Gasteiger partial charge in [0, 0.05) is 24.0 Å². The first kappa shape index (κ1) is 11.5. The van der Waals surface area contributed by atoms with E-state index in [1.54, 1.807) is 18.5 Å². The van der Waals surface area contributed by atoms with E-state index in [1.807, 2.05) is 12.1 Å². The van der Waals surface area contributed by atoms with Crippen LogP contribution in [0, 0.1) is 0 Å². The molecule has 88 valence electrons. The van der Waals surface area contributed by atoms with Crippen LogP contribution in [0.1, 0.15) is 31.9 Å². The summed E-state index contributed by atoms with van der Waals surface area (Å²) in [5, 5.41) is 0. The van der Waals surface area contributed by atoms with E-state index in [0.29, 0.717) is 5.82 Å². The standard InChI is InChI=1S/C13H15N3O/c1-3-9(2)11-8-12(17)16-13(15-11)10-4-6-14-7-5-10/h4-9H,3H2,1-2H3,(H,15,16,17). The van der Waals surface area contributed by atoms with Crippen LogP contribution in [-0.2, 0) is 0 Å². The highest BCUT2D eigenvalue weighted by Gasteiger charge is 2.08. The van der Waals surface area contributed by atoms with Crippen molar-refractivity contribution >= 4 is 0 Å². The smallest absolute Gasteiger partial charge is 0.251 e. The van der Waals surface area contributed by atoms with Crippen molar-refractivity contribution in [3.05, 3.63) is 46.6 Å². The van der Waals surface area contributed by atoms with Gasteiger partial charge in [0.05, 0.1) is 5.69 Å². The Kier molecular flexibility index (Phi) is 3.32. The van der Waals surface area contributed by atoms with Crippen molar-refractivity contribution in [2.75, 3.05) is 0 Å². The largest absolute Gasteiger partial charge is 0.307 e. The van der Waals surface area contributed by atoms with Crippen LogP contribution >= 0.6 is 0 Å². The summed E-state index contributed by atoms with van der Waals surface area (Å²) in [4.78, 5) is 22.8. The van der Waals surface area contributed by atoms with Gasteiger partial charge in [-0.2, -0.15) is 0 Å². The predicted octanol–water partition coefficient (Wildman–Crippen LogP) is 2.35. The molecule has 0 saturated carbocycles. The third-order valence-corrected chi connectivity index (χ3v) is 2.83. The molecule has 4 heteroatoms. The number of aromatic nitrogens is 3. The average Bonchev–Trinajstić information content (AvgIpc) is 2.38. The fraction of sp³-hybridized carbons (Fsp3) is 0.308. The Morgan fingerprint density at radius 2 is 2.06 bits per heavy atom. The summed E-state index contributed by atoms with van der Waals surface area (Å²) in [6.07, 6.45) is 4.34. The molecule has 0 saturated heterocycles. The molecule has 0 aliphatic carbocycles. The van der Waals surface area contributed by atoms with Crippen molar-refractivity contribution in [1.29, 1.82) is 0 Å². The Hall–Kier alpha value is -1.97. The van der Waals surface area contributed by atoms with Gasteiger partial charge in [-0.25, -0.2) is 4.98 Å². The topological polar surface area (TPSA) is 58.6 Å². The number of nitrogens with one attached hydrogen (secondary N) is 1. The number of hydrogen-bond acceptors (Lipinski definition) is 3. The second-order valence-corrected chi connectivity index (χ2v) is 4.06. The molecular formula is C13H15N3O. The molecule has 0 spiro atoms. The summed E-state index contributed by atoms with van der Waals surface area (Å²) in [6.45, 7) is 4.15. The Balaban J connectivity index is 2.49. The molecule has 0 amide bonds. The summed E-state index contributed by atoms with van der Waals surface area (Å²) in [5.41, 5.74) is 1.60. The van der Waals surface area contributed by atoms with Crippen LogP contribution < -0.4 is 5.56 Å². The van der Waals surface area contributed by atoms with E-state index in [4.69, 9.17) is 0 Å². The van der Waals surface area contributed by atoms with Crippen LogP contribution in [0.3, 0.4) is 0 Å². The minimum Gasteiger partial charge on any atom is -0.307 e. The summed E-state index contributed by atoms with van der Waals surface area (Å²) in [7, 11) is 0. The zero-order valence-corrected chi connectivity index (χ0v) is 9.97. The number of rotatable bonds is 3. The van der Waals surface area contributed by atoms with Gasteiger partial charge in [0.1, 0.15) is 5.82 Å². The molecule has 0 aromatic carbocycles. The molecule has 1 atom stereocenters. The van der Waals surface area contributed by atoms with Gasteiger partial charge >= 0.3 is 0 Å². The number of nitrogens with zero attached hydrogens (tertiary/aromatic N) is 2. The monoisotopic (exact) mass is 229 g/mol. The first-order valence-electron chi connectivity index (χ1n) is 5.72. The van der Waals surface area contributed by atoms with E-state index in [-0.39, 0.29) is 11.5 Å². The van der Waals surface area contributed by atoms with Gasteiger partial charge in [0.15, 0.2) is 0 Å². The van der Waals surface area contributed by atoms with Gasteiger partial charge in [0.25, 0.3) is 5.56 Å². The molecule has 0 aliphatic heterocycles. The lowest BCUT2D eigenvalue weighted by Crippen LogP contribution is -2.11. The highest BCUT2D eigenvalue weighted by atomic mass is 16.1. The highest BCUT2D eigenvalue weighted by Crippen LogP contribution is 2.18. The van der Waals surface area contributed by atoms with Crippen molar-refractivity contribution in [3.63, 3.8) is 0 Å². The van der Waals surface area contributed by atoms with Gasteiger partial charge in [-0.05, 0) is 24.5 Å². The number of pyridine rings is 1. The van der Waals surface area contributed by atoms with Gasteiger partial charge in [-0.15, -0.1) is 0 Å². The highest BCUT2D eigenvalue weighted by molar-refractivity contribution is 5.53. The van der Waals surface area contributed by atoms with E-state index in [2.05, 4.69) is 28.8 Å².